The van der Waals surface area contributed by atoms with Gasteiger partial charge < -0.3 is 5.32 Å². The van der Waals surface area contributed by atoms with Gasteiger partial charge in [0, 0.05) is 24.8 Å². The fourth-order valence-corrected chi connectivity index (χ4v) is 3.24. The minimum atomic E-state index is -0.268. The van der Waals surface area contributed by atoms with Crippen LogP contribution in [0.2, 0.25) is 5.02 Å². The van der Waals surface area contributed by atoms with Crippen molar-refractivity contribution in [3.63, 3.8) is 0 Å². The SMILES string of the molecule is Cn1c(=O)c(SCC(=O)NCc2ccccc2Cl)nc2cccnc21. The van der Waals surface area contributed by atoms with Gasteiger partial charge in [0.15, 0.2) is 10.7 Å². The molecule has 3 aromatic rings. The maximum absolute atomic E-state index is 12.3. The molecular weight excluding hydrogens is 360 g/mol. The Kier molecular flexibility index (Phi) is 5.35. The molecule has 2 heterocycles. The molecule has 0 bridgehead atoms. The quantitative estimate of drug-likeness (QED) is 0.694. The molecule has 0 aliphatic heterocycles. The van der Waals surface area contributed by atoms with Gasteiger partial charge in [0.2, 0.25) is 5.91 Å². The van der Waals surface area contributed by atoms with Crippen molar-refractivity contribution in [3.8, 4) is 0 Å². The molecule has 0 fully saturated rings. The van der Waals surface area contributed by atoms with Crippen LogP contribution in [0.3, 0.4) is 0 Å². The number of aryl methyl sites for hydroxylation is 1. The maximum atomic E-state index is 12.3. The lowest BCUT2D eigenvalue weighted by Gasteiger charge is -2.08. The number of carbonyl (C=O) groups excluding carboxylic acids is 1. The van der Waals surface area contributed by atoms with E-state index < -0.39 is 0 Å². The zero-order valence-electron chi connectivity index (χ0n) is 13.4. The molecule has 3 rings (SSSR count). The average molecular weight is 375 g/mol. The lowest BCUT2D eigenvalue weighted by molar-refractivity contribution is -0.118. The van der Waals surface area contributed by atoms with Crippen molar-refractivity contribution >= 4 is 40.4 Å². The summed E-state index contributed by atoms with van der Waals surface area (Å²) in [7, 11) is 1.64. The van der Waals surface area contributed by atoms with Gasteiger partial charge in [0.25, 0.3) is 5.56 Å². The smallest absolute Gasteiger partial charge is 0.284 e. The highest BCUT2D eigenvalue weighted by Gasteiger charge is 2.12. The lowest BCUT2D eigenvalue weighted by Crippen LogP contribution is -2.26. The third-order valence-electron chi connectivity index (χ3n) is 3.57. The van der Waals surface area contributed by atoms with Crippen molar-refractivity contribution in [1.82, 2.24) is 19.9 Å². The van der Waals surface area contributed by atoms with Gasteiger partial charge in [-0.25, -0.2) is 9.97 Å². The van der Waals surface area contributed by atoms with Crippen LogP contribution in [-0.2, 0) is 18.4 Å². The van der Waals surface area contributed by atoms with E-state index in [0.29, 0.717) is 22.7 Å². The fourth-order valence-electron chi connectivity index (χ4n) is 2.25. The van der Waals surface area contributed by atoms with E-state index in [0.717, 1.165) is 17.3 Å². The first-order chi connectivity index (χ1) is 12.1. The second kappa shape index (κ2) is 7.67. The van der Waals surface area contributed by atoms with E-state index in [1.807, 2.05) is 18.2 Å². The number of nitrogens with zero attached hydrogens (tertiary/aromatic N) is 3. The number of thioether (sulfide) groups is 1. The third kappa shape index (κ3) is 4.00. The lowest BCUT2D eigenvalue weighted by atomic mass is 10.2. The van der Waals surface area contributed by atoms with Crippen molar-refractivity contribution < 1.29 is 4.79 Å². The highest BCUT2D eigenvalue weighted by Crippen LogP contribution is 2.16. The summed E-state index contributed by atoms with van der Waals surface area (Å²) in [5.74, 6) is -0.0987. The van der Waals surface area contributed by atoms with Gasteiger partial charge in [-0.1, -0.05) is 41.6 Å². The van der Waals surface area contributed by atoms with E-state index in [2.05, 4.69) is 15.3 Å². The summed E-state index contributed by atoms with van der Waals surface area (Å²) in [6, 6.07) is 10.9. The second-order valence-corrected chi connectivity index (χ2v) is 6.66. The largest absolute Gasteiger partial charge is 0.351 e. The number of halogens is 1. The summed E-state index contributed by atoms with van der Waals surface area (Å²) in [5.41, 5.74) is 1.70. The van der Waals surface area contributed by atoms with Gasteiger partial charge in [-0.3, -0.25) is 14.2 Å². The standard InChI is InChI=1S/C17H15ClN4O2S/c1-22-15-13(7-4-8-19-15)21-16(17(22)24)25-10-14(23)20-9-11-5-2-3-6-12(11)18/h2-8H,9-10H2,1H3,(H,20,23). The van der Waals surface area contributed by atoms with Crippen LogP contribution < -0.4 is 10.9 Å². The summed E-state index contributed by atoms with van der Waals surface area (Å²) >= 11 is 7.16. The first kappa shape index (κ1) is 17.4. The molecule has 6 nitrogen and oxygen atoms in total. The molecule has 0 radical (unpaired) electrons. The van der Waals surface area contributed by atoms with Crippen LogP contribution in [0.5, 0.6) is 0 Å². The van der Waals surface area contributed by atoms with Crippen molar-refractivity contribution in [2.45, 2.75) is 11.6 Å². The number of hydrogen-bond donors (Lipinski definition) is 1. The normalized spacial score (nSPS) is 10.8. The Morgan fingerprint density at radius 1 is 1.28 bits per heavy atom. The molecular formula is C17H15ClN4O2S. The van der Waals surface area contributed by atoms with Crippen LogP contribution in [-0.4, -0.2) is 26.2 Å². The second-order valence-electron chi connectivity index (χ2n) is 5.28. The van der Waals surface area contributed by atoms with Crippen LogP contribution in [0.15, 0.2) is 52.4 Å². The number of fused-ring (bicyclic) bond motifs is 1. The Morgan fingerprint density at radius 3 is 2.88 bits per heavy atom. The van der Waals surface area contributed by atoms with Gasteiger partial charge in [0.05, 0.1) is 5.75 Å². The summed E-state index contributed by atoms with van der Waals surface area (Å²) < 4.78 is 1.44. The van der Waals surface area contributed by atoms with E-state index in [9.17, 15) is 9.59 Å². The van der Waals surface area contributed by atoms with Crippen molar-refractivity contribution in [2.75, 3.05) is 5.75 Å². The zero-order valence-corrected chi connectivity index (χ0v) is 15.0. The van der Waals surface area contributed by atoms with E-state index in [4.69, 9.17) is 11.6 Å². The molecule has 128 valence electrons. The highest BCUT2D eigenvalue weighted by atomic mass is 35.5. The van der Waals surface area contributed by atoms with Crippen LogP contribution in [0.4, 0.5) is 0 Å². The minimum Gasteiger partial charge on any atom is -0.351 e. The molecule has 0 aliphatic rings. The molecule has 1 amide bonds. The Balaban J connectivity index is 1.66. The van der Waals surface area contributed by atoms with Crippen molar-refractivity contribution in [1.29, 1.82) is 0 Å². The van der Waals surface area contributed by atoms with Crippen LogP contribution >= 0.6 is 23.4 Å². The molecule has 0 atom stereocenters. The average Bonchev–Trinajstić information content (AvgIpc) is 2.63. The predicted molar refractivity (Wildman–Crippen MR) is 98.8 cm³/mol. The number of rotatable bonds is 5. The Morgan fingerprint density at radius 2 is 2.08 bits per heavy atom. The Bertz CT molecular complexity index is 990. The topological polar surface area (TPSA) is 76.9 Å². The molecule has 0 saturated carbocycles. The highest BCUT2D eigenvalue weighted by molar-refractivity contribution is 7.99. The number of benzene rings is 1. The van der Waals surface area contributed by atoms with E-state index in [1.165, 1.54) is 4.57 Å². The van der Waals surface area contributed by atoms with Crippen LogP contribution in [0, 0.1) is 0 Å². The third-order valence-corrected chi connectivity index (χ3v) is 4.88. The van der Waals surface area contributed by atoms with Crippen molar-refractivity contribution in [2.24, 2.45) is 7.05 Å². The first-order valence-corrected chi connectivity index (χ1v) is 8.87. The van der Waals surface area contributed by atoms with Gasteiger partial charge in [-0.05, 0) is 23.8 Å². The first-order valence-electron chi connectivity index (χ1n) is 7.51. The molecule has 1 aromatic carbocycles. The summed E-state index contributed by atoms with van der Waals surface area (Å²) in [6.07, 6.45) is 1.61. The summed E-state index contributed by atoms with van der Waals surface area (Å²) in [5, 5.41) is 3.67. The number of aromatic nitrogens is 3. The molecule has 0 unspecified atom stereocenters. The summed E-state index contributed by atoms with van der Waals surface area (Å²) in [4.78, 5) is 32.8. The van der Waals surface area contributed by atoms with Gasteiger partial charge in [-0.15, -0.1) is 0 Å². The molecule has 2 aromatic heterocycles. The van der Waals surface area contributed by atoms with E-state index >= 15 is 0 Å². The maximum Gasteiger partial charge on any atom is 0.284 e. The molecule has 1 N–H and O–H groups in total. The van der Waals surface area contributed by atoms with Gasteiger partial charge >= 0.3 is 0 Å². The Labute approximate surface area is 153 Å². The minimum absolute atomic E-state index is 0.0957. The van der Waals surface area contributed by atoms with Gasteiger partial charge in [0.1, 0.15) is 5.52 Å². The monoisotopic (exact) mass is 374 g/mol. The number of amides is 1. The zero-order chi connectivity index (χ0) is 17.8. The fraction of sp³-hybridized carbons (Fsp3) is 0.176. The number of nitrogens with one attached hydrogen (secondary N) is 1. The molecule has 25 heavy (non-hydrogen) atoms. The van der Waals surface area contributed by atoms with Gasteiger partial charge in [-0.2, -0.15) is 0 Å². The number of pyridine rings is 1. The van der Waals surface area contributed by atoms with Crippen LogP contribution in [0.1, 0.15) is 5.56 Å². The van der Waals surface area contributed by atoms with Crippen molar-refractivity contribution in [3.05, 3.63) is 63.5 Å². The molecule has 8 heteroatoms. The van der Waals surface area contributed by atoms with E-state index in [-0.39, 0.29) is 22.2 Å². The molecule has 0 aliphatic carbocycles. The molecule has 0 spiro atoms. The van der Waals surface area contributed by atoms with E-state index in [1.54, 1.807) is 31.4 Å². The predicted octanol–water partition coefficient (Wildman–Crippen LogP) is 2.39. The van der Waals surface area contributed by atoms with Crippen LogP contribution in [0.25, 0.3) is 11.2 Å². The summed E-state index contributed by atoms with van der Waals surface area (Å²) in [6.45, 7) is 0.339. The number of hydrogen-bond acceptors (Lipinski definition) is 5. The Hall–Kier alpha value is -2.38. The molecule has 0 saturated heterocycles. The number of carbonyl (C=O) groups is 1.